The Balaban J connectivity index is 1.82. The van der Waals surface area contributed by atoms with E-state index in [-0.39, 0.29) is 11.5 Å². The number of halogens is 2. The zero-order valence-corrected chi connectivity index (χ0v) is 13.5. The first-order valence-electron chi connectivity index (χ1n) is 7.33. The number of rotatable bonds is 5. The minimum absolute atomic E-state index is 0.244. The van der Waals surface area contributed by atoms with Crippen molar-refractivity contribution < 1.29 is 4.74 Å². The van der Waals surface area contributed by atoms with Gasteiger partial charge in [0.05, 0.1) is 16.1 Å². The molecular weight excluding hydrogens is 293 g/mol. The van der Waals surface area contributed by atoms with Gasteiger partial charge in [-0.2, -0.15) is 0 Å². The van der Waals surface area contributed by atoms with E-state index in [9.17, 15) is 0 Å². The molecule has 1 N–H and O–H groups in total. The average Bonchev–Trinajstić information content (AvgIpc) is 2.79. The lowest BCUT2D eigenvalue weighted by Gasteiger charge is -2.23. The van der Waals surface area contributed by atoms with Gasteiger partial charge in [0.15, 0.2) is 0 Å². The number of hydrogen-bond donors (Lipinski definition) is 1. The third-order valence-corrected chi connectivity index (χ3v) is 5.59. The number of ether oxygens (including phenoxy) is 1. The average molecular weight is 314 g/mol. The molecule has 1 aromatic carbocycles. The van der Waals surface area contributed by atoms with E-state index in [2.05, 4.69) is 31.3 Å². The highest BCUT2D eigenvalue weighted by Crippen LogP contribution is 2.64. The molecule has 2 fully saturated rings. The minimum Gasteiger partial charge on any atom is -0.379 e. The molecule has 1 aromatic rings. The molecule has 2 aliphatic rings. The second kappa shape index (κ2) is 5.49. The largest absolute Gasteiger partial charge is 0.379 e. The molecule has 2 nitrogen and oxygen atoms in total. The van der Waals surface area contributed by atoms with Crippen LogP contribution >= 0.6 is 23.2 Å². The van der Waals surface area contributed by atoms with E-state index in [4.69, 9.17) is 27.9 Å². The van der Waals surface area contributed by atoms with Crippen molar-refractivity contribution in [2.45, 2.75) is 31.8 Å². The number of fused-ring (bicyclic) bond motifs is 1. The lowest BCUT2D eigenvalue weighted by molar-refractivity contribution is 0.0694. The van der Waals surface area contributed by atoms with Gasteiger partial charge in [-0.3, -0.25) is 0 Å². The summed E-state index contributed by atoms with van der Waals surface area (Å²) in [7, 11) is 0. The van der Waals surface area contributed by atoms with E-state index in [1.54, 1.807) is 0 Å². The Morgan fingerprint density at radius 1 is 1.25 bits per heavy atom. The molecule has 1 aliphatic heterocycles. The third-order valence-electron chi connectivity index (χ3n) is 4.85. The van der Waals surface area contributed by atoms with Crippen molar-refractivity contribution in [2.24, 2.45) is 11.8 Å². The van der Waals surface area contributed by atoms with Crippen molar-refractivity contribution in [3.05, 3.63) is 33.8 Å². The molecule has 0 radical (unpaired) electrons. The predicted molar refractivity (Wildman–Crippen MR) is 83.7 cm³/mol. The Morgan fingerprint density at radius 3 is 2.55 bits per heavy atom. The Bertz CT molecular complexity index is 493. The van der Waals surface area contributed by atoms with Gasteiger partial charge in [0.25, 0.3) is 0 Å². The Kier molecular flexibility index (Phi) is 4.02. The van der Waals surface area contributed by atoms with Gasteiger partial charge in [-0.05, 0) is 62.9 Å². The van der Waals surface area contributed by atoms with Gasteiger partial charge in [-0.1, -0.05) is 29.3 Å². The van der Waals surface area contributed by atoms with E-state index in [1.165, 1.54) is 5.56 Å². The highest BCUT2D eigenvalue weighted by molar-refractivity contribution is 6.42. The lowest BCUT2D eigenvalue weighted by atomic mass is 9.87. The summed E-state index contributed by atoms with van der Waals surface area (Å²) in [5, 5.41) is 4.76. The first kappa shape index (κ1) is 14.6. The lowest BCUT2D eigenvalue weighted by Crippen LogP contribution is -2.27. The molecule has 1 heterocycles. The van der Waals surface area contributed by atoms with Crippen LogP contribution in [0.2, 0.25) is 10.0 Å². The summed E-state index contributed by atoms with van der Waals surface area (Å²) < 4.78 is 5.78. The first-order valence-corrected chi connectivity index (χ1v) is 8.09. The topological polar surface area (TPSA) is 21.3 Å². The highest BCUT2D eigenvalue weighted by Gasteiger charge is 2.66. The van der Waals surface area contributed by atoms with Gasteiger partial charge in [-0.25, -0.2) is 0 Å². The summed E-state index contributed by atoms with van der Waals surface area (Å²) in [5.74, 6) is 1.44. The number of hydrogen-bond acceptors (Lipinski definition) is 2. The second-order valence-electron chi connectivity index (χ2n) is 6.21. The Hall–Kier alpha value is -0.280. The fourth-order valence-electron chi connectivity index (χ4n) is 3.84. The van der Waals surface area contributed by atoms with E-state index in [0.29, 0.717) is 10.0 Å². The van der Waals surface area contributed by atoms with E-state index in [1.807, 2.05) is 6.07 Å². The first-order chi connectivity index (χ1) is 9.55. The van der Waals surface area contributed by atoms with Crippen LogP contribution in [0.4, 0.5) is 0 Å². The van der Waals surface area contributed by atoms with Crippen molar-refractivity contribution in [3.8, 4) is 0 Å². The van der Waals surface area contributed by atoms with Crippen molar-refractivity contribution in [2.75, 3.05) is 19.7 Å². The van der Waals surface area contributed by atoms with Crippen LogP contribution in [0.3, 0.4) is 0 Å². The van der Waals surface area contributed by atoms with Crippen LogP contribution in [-0.4, -0.2) is 25.8 Å². The Labute approximate surface area is 130 Å². The van der Waals surface area contributed by atoms with Gasteiger partial charge in [0.1, 0.15) is 0 Å². The molecule has 1 saturated heterocycles. The van der Waals surface area contributed by atoms with Crippen LogP contribution in [0.15, 0.2) is 18.2 Å². The SMILES string of the molecule is CC(C)OCCC1(c2ccc(Cl)c(Cl)c2)[C@@H]2CNC[C@@H]21. The van der Waals surface area contributed by atoms with Gasteiger partial charge in [0, 0.05) is 12.0 Å². The van der Waals surface area contributed by atoms with Crippen molar-refractivity contribution >= 4 is 23.2 Å². The maximum absolute atomic E-state index is 6.21. The molecule has 0 spiro atoms. The minimum atomic E-state index is 0.244. The zero-order chi connectivity index (χ0) is 14.3. The van der Waals surface area contributed by atoms with Crippen LogP contribution in [-0.2, 0) is 10.2 Å². The summed E-state index contributed by atoms with van der Waals surface area (Å²) in [6.45, 7) is 7.19. The number of piperidine rings is 1. The predicted octanol–water partition coefficient (Wildman–Crippen LogP) is 3.90. The normalized spacial score (nSPS) is 31.6. The van der Waals surface area contributed by atoms with Crippen LogP contribution in [0, 0.1) is 11.8 Å². The summed E-state index contributed by atoms with van der Waals surface area (Å²) in [6, 6.07) is 6.12. The van der Waals surface area contributed by atoms with Crippen LogP contribution in [0.1, 0.15) is 25.8 Å². The zero-order valence-electron chi connectivity index (χ0n) is 12.0. The van der Waals surface area contributed by atoms with Gasteiger partial charge < -0.3 is 10.1 Å². The summed E-state index contributed by atoms with van der Waals surface area (Å²) in [6.07, 6.45) is 1.36. The van der Waals surface area contributed by atoms with Gasteiger partial charge in [0.2, 0.25) is 0 Å². The van der Waals surface area contributed by atoms with E-state index in [0.717, 1.165) is 38.0 Å². The van der Waals surface area contributed by atoms with Gasteiger partial charge >= 0.3 is 0 Å². The molecule has 20 heavy (non-hydrogen) atoms. The molecule has 110 valence electrons. The molecule has 1 aliphatic carbocycles. The van der Waals surface area contributed by atoms with Crippen molar-refractivity contribution in [1.29, 1.82) is 0 Å². The highest BCUT2D eigenvalue weighted by atomic mass is 35.5. The van der Waals surface area contributed by atoms with Crippen LogP contribution in [0.25, 0.3) is 0 Å². The van der Waals surface area contributed by atoms with Gasteiger partial charge in [-0.15, -0.1) is 0 Å². The van der Waals surface area contributed by atoms with Crippen molar-refractivity contribution in [3.63, 3.8) is 0 Å². The maximum atomic E-state index is 6.21. The van der Waals surface area contributed by atoms with E-state index >= 15 is 0 Å². The number of nitrogens with one attached hydrogen (secondary N) is 1. The molecular formula is C16H21Cl2NO. The molecule has 0 aromatic heterocycles. The monoisotopic (exact) mass is 313 g/mol. The molecule has 3 rings (SSSR count). The fourth-order valence-corrected chi connectivity index (χ4v) is 4.14. The maximum Gasteiger partial charge on any atom is 0.0595 e. The number of benzene rings is 1. The quantitative estimate of drug-likeness (QED) is 0.890. The Morgan fingerprint density at radius 2 is 1.95 bits per heavy atom. The standard InChI is InChI=1S/C16H21Cl2NO/c1-10(2)20-6-5-16(12-8-19-9-13(12)16)11-3-4-14(17)15(18)7-11/h3-4,7,10,12-13,19H,5-6,8-9H2,1-2H3/t12-,13+,16?. The van der Waals surface area contributed by atoms with Crippen LogP contribution < -0.4 is 5.32 Å². The molecule has 4 heteroatoms. The van der Waals surface area contributed by atoms with E-state index < -0.39 is 0 Å². The summed E-state index contributed by atoms with van der Waals surface area (Å²) in [5.41, 5.74) is 1.57. The summed E-state index contributed by atoms with van der Waals surface area (Å²) in [4.78, 5) is 0. The molecule has 0 bridgehead atoms. The second-order valence-corrected chi connectivity index (χ2v) is 7.02. The molecule has 1 saturated carbocycles. The molecule has 1 unspecified atom stereocenters. The molecule has 3 atom stereocenters. The third kappa shape index (κ3) is 2.37. The van der Waals surface area contributed by atoms with Crippen molar-refractivity contribution in [1.82, 2.24) is 5.32 Å². The smallest absolute Gasteiger partial charge is 0.0595 e. The fraction of sp³-hybridized carbons (Fsp3) is 0.625. The summed E-state index contributed by atoms with van der Waals surface area (Å²) >= 11 is 12.3. The molecule has 0 amide bonds. The van der Waals surface area contributed by atoms with Crippen LogP contribution in [0.5, 0.6) is 0 Å².